The third-order valence-corrected chi connectivity index (χ3v) is 5.69. The molecule has 0 fully saturated rings. The van der Waals surface area contributed by atoms with Crippen LogP contribution in [0.3, 0.4) is 0 Å². The minimum atomic E-state index is 0.110. The molecule has 0 spiro atoms. The zero-order valence-electron chi connectivity index (χ0n) is 18.4. The van der Waals surface area contributed by atoms with Gasteiger partial charge in [0.1, 0.15) is 11.6 Å². The Labute approximate surface area is 198 Å². The maximum Gasteiger partial charge on any atom is 0.146 e. The maximum absolute atomic E-state index is 4.61. The van der Waals surface area contributed by atoms with E-state index >= 15 is 0 Å². The molecule has 1 aliphatic rings. The molecule has 2 heterocycles. The molecule has 2 aromatic carbocycles. The fraction of sp³-hybridized carbons (Fsp3) is 0.240. The smallest absolute Gasteiger partial charge is 0.146 e. The highest BCUT2D eigenvalue weighted by atomic mass is 79.9. The first-order valence-electron chi connectivity index (χ1n) is 10.8. The highest BCUT2D eigenvalue weighted by molar-refractivity contribution is 9.10. The number of para-hydroxylation sites is 1. The van der Waals surface area contributed by atoms with E-state index in [4.69, 9.17) is 0 Å². The minimum absolute atomic E-state index is 0.110. The largest absolute Gasteiger partial charge is 0.405 e. The van der Waals surface area contributed by atoms with Gasteiger partial charge < -0.3 is 21.7 Å². The molecule has 1 unspecified atom stereocenters. The molecule has 32 heavy (non-hydrogen) atoms. The van der Waals surface area contributed by atoms with Gasteiger partial charge in [0.25, 0.3) is 0 Å². The molecule has 1 atom stereocenters. The van der Waals surface area contributed by atoms with E-state index in [0.717, 1.165) is 42.0 Å². The number of unbranched alkanes of at least 4 members (excludes halogenated alkanes) is 1. The van der Waals surface area contributed by atoms with Crippen molar-refractivity contribution in [2.75, 3.05) is 23.7 Å². The Hall–Kier alpha value is -3.19. The number of nitrogens with two attached hydrogens (primary N) is 1. The SMILES string of the molecule is C=CN.Cc1ccccc1C1C=C(NCCCCNc2ccccc2)n2ncc(Br)c2N1. The third kappa shape index (κ3) is 6.17. The Kier molecular flexibility index (Phi) is 8.80. The van der Waals surface area contributed by atoms with Crippen LogP contribution < -0.4 is 21.7 Å². The van der Waals surface area contributed by atoms with E-state index in [0.29, 0.717) is 0 Å². The van der Waals surface area contributed by atoms with Gasteiger partial charge in [-0.15, -0.1) is 0 Å². The highest BCUT2D eigenvalue weighted by Gasteiger charge is 2.23. The predicted molar refractivity (Wildman–Crippen MR) is 138 cm³/mol. The van der Waals surface area contributed by atoms with Crippen LogP contribution in [0.1, 0.15) is 30.0 Å². The molecule has 6 nitrogen and oxygen atoms in total. The maximum atomic E-state index is 4.61. The van der Waals surface area contributed by atoms with Crippen LogP contribution in [0.25, 0.3) is 5.82 Å². The summed E-state index contributed by atoms with van der Waals surface area (Å²) in [5, 5.41) is 15.1. The number of anilines is 2. The van der Waals surface area contributed by atoms with Crippen molar-refractivity contribution in [2.45, 2.75) is 25.8 Å². The van der Waals surface area contributed by atoms with Crippen molar-refractivity contribution >= 4 is 33.3 Å². The first-order chi connectivity index (χ1) is 15.6. The summed E-state index contributed by atoms with van der Waals surface area (Å²) in [4.78, 5) is 0. The molecule has 168 valence electrons. The Morgan fingerprint density at radius 1 is 1.09 bits per heavy atom. The number of aromatic nitrogens is 2. The van der Waals surface area contributed by atoms with Gasteiger partial charge in [0.15, 0.2) is 0 Å². The second kappa shape index (κ2) is 12.0. The number of halogens is 1. The van der Waals surface area contributed by atoms with Crippen LogP contribution in [-0.4, -0.2) is 22.9 Å². The van der Waals surface area contributed by atoms with Gasteiger partial charge >= 0.3 is 0 Å². The van der Waals surface area contributed by atoms with Gasteiger partial charge in [-0.3, -0.25) is 0 Å². The van der Waals surface area contributed by atoms with Crippen LogP contribution in [0, 0.1) is 6.92 Å². The van der Waals surface area contributed by atoms with Gasteiger partial charge in [0.2, 0.25) is 0 Å². The molecule has 1 aliphatic heterocycles. The van der Waals surface area contributed by atoms with Gasteiger partial charge in [-0.2, -0.15) is 5.10 Å². The summed E-state index contributed by atoms with van der Waals surface area (Å²) in [5.74, 6) is 2.00. The first-order valence-corrected chi connectivity index (χ1v) is 11.6. The van der Waals surface area contributed by atoms with E-state index in [2.05, 4.69) is 111 Å². The zero-order valence-corrected chi connectivity index (χ0v) is 20.0. The van der Waals surface area contributed by atoms with Crippen molar-refractivity contribution in [3.63, 3.8) is 0 Å². The second-order valence-electron chi connectivity index (χ2n) is 7.45. The summed E-state index contributed by atoms with van der Waals surface area (Å²) >= 11 is 3.61. The number of fused-ring (bicyclic) bond motifs is 1. The van der Waals surface area contributed by atoms with Gasteiger partial charge in [0, 0.05) is 18.8 Å². The molecule has 4 rings (SSSR count). The number of benzene rings is 2. The van der Waals surface area contributed by atoms with Crippen LogP contribution in [0.5, 0.6) is 0 Å². The lowest BCUT2D eigenvalue weighted by atomic mass is 10.00. The van der Waals surface area contributed by atoms with E-state index in [1.165, 1.54) is 23.0 Å². The molecule has 7 heteroatoms. The average molecular weight is 495 g/mol. The summed E-state index contributed by atoms with van der Waals surface area (Å²) in [6.07, 6.45) is 7.49. The monoisotopic (exact) mass is 494 g/mol. The van der Waals surface area contributed by atoms with Crippen molar-refractivity contribution in [3.8, 4) is 0 Å². The van der Waals surface area contributed by atoms with Crippen LogP contribution in [-0.2, 0) is 0 Å². The summed E-state index contributed by atoms with van der Waals surface area (Å²) in [5.41, 5.74) is 8.34. The molecular weight excluding hydrogens is 464 g/mol. The lowest BCUT2D eigenvalue weighted by Crippen LogP contribution is -2.27. The van der Waals surface area contributed by atoms with Crippen LogP contribution in [0.2, 0.25) is 0 Å². The fourth-order valence-corrected chi connectivity index (χ4v) is 3.92. The highest BCUT2D eigenvalue weighted by Crippen LogP contribution is 2.34. The quantitative estimate of drug-likeness (QED) is 0.311. The molecule has 0 bridgehead atoms. The van der Waals surface area contributed by atoms with Crippen LogP contribution in [0.15, 0.2) is 84.1 Å². The standard InChI is InChI=1S/C23H26BrN5.C2H5N/c1-17-9-5-6-12-19(17)21-15-22(29-23(28-21)20(24)16-27-29)26-14-8-7-13-25-18-10-3-2-4-11-18;1-2-3/h2-6,9-12,15-16,21,25-26,28H,7-8,13-14H2,1H3;2H,1,3H2. The van der Waals surface area contributed by atoms with Crippen LogP contribution in [0.4, 0.5) is 11.5 Å². The zero-order chi connectivity index (χ0) is 22.8. The molecule has 0 saturated carbocycles. The normalized spacial score (nSPS) is 14.2. The summed E-state index contributed by atoms with van der Waals surface area (Å²) in [7, 11) is 0. The summed E-state index contributed by atoms with van der Waals surface area (Å²) < 4.78 is 2.90. The molecule has 0 amide bonds. The van der Waals surface area contributed by atoms with Crippen molar-refractivity contribution in [1.29, 1.82) is 0 Å². The Balaban J connectivity index is 0.000000913. The number of rotatable bonds is 8. The number of nitrogens with zero attached hydrogens (tertiary/aromatic N) is 2. The fourth-order valence-electron chi connectivity index (χ4n) is 3.55. The van der Waals surface area contributed by atoms with E-state index in [1.807, 2.05) is 16.9 Å². The van der Waals surface area contributed by atoms with E-state index in [1.54, 1.807) is 0 Å². The van der Waals surface area contributed by atoms with E-state index < -0.39 is 0 Å². The number of nitrogens with one attached hydrogen (secondary N) is 3. The molecule has 1 aromatic heterocycles. The van der Waals surface area contributed by atoms with Gasteiger partial charge in [-0.05, 0) is 71.2 Å². The number of hydrogen-bond donors (Lipinski definition) is 4. The molecule has 0 aliphatic carbocycles. The average Bonchev–Trinajstić information content (AvgIpc) is 3.18. The van der Waals surface area contributed by atoms with Crippen molar-refractivity contribution < 1.29 is 0 Å². The van der Waals surface area contributed by atoms with Gasteiger partial charge in [0.05, 0.1) is 16.7 Å². The molecule has 0 radical (unpaired) electrons. The van der Waals surface area contributed by atoms with Gasteiger partial charge in [-0.25, -0.2) is 4.68 Å². The second-order valence-corrected chi connectivity index (χ2v) is 8.30. The minimum Gasteiger partial charge on any atom is -0.405 e. The molecule has 0 saturated heterocycles. The van der Waals surface area contributed by atoms with Crippen molar-refractivity contribution in [3.05, 3.63) is 95.2 Å². The lowest BCUT2D eigenvalue weighted by molar-refractivity contribution is 0.682. The predicted octanol–water partition coefficient (Wildman–Crippen LogP) is 5.49. The Morgan fingerprint density at radius 3 is 2.47 bits per heavy atom. The summed E-state index contributed by atoms with van der Waals surface area (Å²) in [6, 6.07) is 18.9. The molecule has 3 aromatic rings. The van der Waals surface area contributed by atoms with E-state index in [-0.39, 0.29) is 6.04 Å². The number of aryl methyl sites for hydroxylation is 1. The van der Waals surface area contributed by atoms with E-state index in [9.17, 15) is 0 Å². The number of hydrogen-bond acceptors (Lipinski definition) is 5. The van der Waals surface area contributed by atoms with Crippen molar-refractivity contribution in [2.24, 2.45) is 5.73 Å². The Bertz CT molecular complexity index is 1030. The Morgan fingerprint density at radius 2 is 1.75 bits per heavy atom. The third-order valence-electron chi connectivity index (χ3n) is 5.11. The van der Waals surface area contributed by atoms with Gasteiger partial charge in [-0.1, -0.05) is 49.0 Å². The lowest BCUT2D eigenvalue weighted by Gasteiger charge is -2.27. The molecule has 5 N–H and O–H groups in total. The topological polar surface area (TPSA) is 79.9 Å². The van der Waals surface area contributed by atoms with Crippen molar-refractivity contribution in [1.82, 2.24) is 15.1 Å². The molecular formula is C25H31BrN6. The van der Waals surface area contributed by atoms with Crippen LogP contribution >= 0.6 is 15.9 Å². The summed E-state index contributed by atoms with van der Waals surface area (Å²) in [6.45, 7) is 7.16. The first kappa shape index (κ1) is 23.5.